The van der Waals surface area contributed by atoms with E-state index in [4.69, 9.17) is 0 Å². The molecule has 1 aliphatic carbocycles. The maximum atomic E-state index is 13.0. The van der Waals surface area contributed by atoms with Crippen LogP contribution in [0.15, 0.2) is 35.1 Å². The first-order valence-corrected chi connectivity index (χ1v) is 9.23. The van der Waals surface area contributed by atoms with Crippen molar-refractivity contribution in [3.8, 4) is 11.4 Å². The summed E-state index contributed by atoms with van der Waals surface area (Å²) in [5.41, 5.74) is 4.73. The summed E-state index contributed by atoms with van der Waals surface area (Å²) in [5.74, 6) is 0.456. The van der Waals surface area contributed by atoms with Crippen LogP contribution in [-0.4, -0.2) is 37.5 Å². The van der Waals surface area contributed by atoms with Crippen molar-refractivity contribution in [3.05, 3.63) is 68.9 Å². The van der Waals surface area contributed by atoms with Crippen molar-refractivity contribution in [2.75, 3.05) is 6.54 Å². The Morgan fingerprint density at radius 1 is 1.07 bits per heavy atom. The number of carbonyl (C=O) groups is 1. The van der Waals surface area contributed by atoms with E-state index < -0.39 is 0 Å². The first-order chi connectivity index (χ1) is 13.2. The van der Waals surface area contributed by atoms with Gasteiger partial charge < -0.3 is 9.88 Å². The van der Waals surface area contributed by atoms with Crippen LogP contribution in [0.25, 0.3) is 11.4 Å². The zero-order valence-electron chi connectivity index (χ0n) is 14.8. The minimum Gasteiger partial charge on any atom is -0.331 e. The second kappa shape index (κ2) is 6.19. The fourth-order valence-corrected chi connectivity index (χ4v) is 3.99. The van der Waals surface area contributed by atoms with Crippen LogP contribution < -0.4 is 5.56 Å². The van der Waals surface area contributed by atoms with Crippen molar-refractivity contribution in [3.63, 3.8) is 0 Å². The predicted octanol–water partition coefficient (Wildman–Crippen LogP) is 1.85. The Labute approximate surface area is 155 Å². The maximum Gasteiger partial charge on any atom is 0.275 e. The zero-order chi connectivity index (χ0) is 18.4. The molecule has 1 aromatic carbocycles. The Bertz CT molecular complexity index is 1080. The van der Waals surface area contributed by atoms with Gasteiger partial charge in [0.05, 0.1) is 12.2 Å². The van der Waals surface area contributed by atoms with E-state index in [0.717, 1.165) is 36.1 Å². The number of hydrogen-bond donors (Lipinski definition) is 2. The highest BCUT2D eigenvalue weighted by Gasteiger charge is 2.30. The first-order valence-electron chi connectivity index (χ1n) is 9.23. The minimum absolute atomic E-state index is 0.0802. The smallest absolute Gasteiger partial charge is 0.275 e. The summed E-state index contributed by atoms with van der Waals surface area (Å²) >= 11 is 0. The molecule has 7 heteroatoms. The molecule has 0 unspecified atom stereocenters. The molecule has 0 bridgehead atoms. The number of carbonyl (C=O) groups excluding carboxylic acids is 1. The van der Waals surface area contributed by atoms with Gasteiger partial charge in [-0.1, -0.05) is 30.3 Å². The molecule has 2 N–H and O–H groups in total. The number of fused-ring (bicyclic) bond motifs is 2. The van der Waals surface area contributed by atoms with Crippen LogP contribution in [0.5, 0.6) is 0 Å². The highest BCUT2D eigenvalue weighted by molar-refractivity contribution is 5.94. The van der Waals surface area contributed by atoms with Gasteiger partial charge in [-0.15, -0.1) is 0 Å². The lowest BCUT2D eigenvalue weighted by Gasteiger charge is -2.27. The minimum atomic E-state index is -0.119. The van der Waals surface area contributed by atoms with E-state index in [-0.39, 0.29) is 11.5 Å². The molecule has 7 nitrogen and oxygen atoms in total. The number of aromatic nitrogens is 4. The van der Waals surface area contributed by atoms with Gasteiger partial charge in [0.2, 0.25) is 0 Å². The van der Waals surface area contributed by atoms with Crippen LogP contribution in [0, 0.1) is 0 Å². The predicted molar refractivity (Wildman–Crippen MR) is 99.4 cm³/mol. The van der Waals surface area contributed by atoms with E-state index in [2.05, 4.69) is 20.2 Å². The number of aromatic amines is 2. The second-order valence-corrected chi connectivity index (χ2v) is 7.07. The molecule has 3 heterocycles. The van der Waals surface area contributed by atoms with E-state index in [0.29, 0.717) is 42.3 Å². The quantitative estimate of drug-likeness (QED) is 0.728. The number of aryl methyl sites for hydroxylation is 1. The average Bonchev–Trinajstić information content (AvgIpc) is 3.31. The summed E-state index contributed by atoms with van der Waals surface area (Å²) in [4.78, 5) is 34.8. The van der Waals surface area contributed by atoms with Crippen LogP contribution in [0.2, 0.25) is 0 Å². The van der Waals surface area contributed by atoms with Gasteiger partial charge in [0.25, 0.3) is 11.5 Å². The monoisotopic (exact) mass is 361 g/mol. The summed E-state index contributed by atoms with van der Waals surface area (Å²) in [6.45, 7) is 0.836. The van der Waals surface area contributed by atoms with Gasteiger partial charge >= 0.3 is 0 Å². The normalized spacial score (nSPS) is 15.5. The highest BCUT2D eigenvalue weighted by Crippen LogP contribution is 2.25. The van der Waals surface area contributed by atoms with Crippen molar-refractivity contribution >= 4 is 5.91 Å². The van der Waals surface area contributed by atoms with Gasteiger partial charge in [0.1, 0.15) is 5.82 Å². The topological polar surface area (TPSA) is 94.7 Å². The van der Waals surface area contributed by atoms with E-state index in [1.807, 2.05) is 30.3 Å². The molecule has 0 atom stereocenters. The van der Waals surface area contributed by atoms with Gasteiger partial charge in [-0.05, 0) is 25.7 Å². The molecule has 3 aromatic rings. The Balaban J connectivity index is 1.47. The van der Waals surface area contributed by atoms with Crippen LogP contribution >= 0.6 is 0 Å². The first kappa shape index (κ1) is 16.0. The highest BCUT2D eigenvalue weighted by atomic mass is 16.2. The maximum absolute atomic E-state index is 13.0. The number of hydrogen-bond acceptors (Lipinski definition) is 4. The summed E-state index contributed by atoms with van der Waals surface area (Å²) in [6, 6.07) is 9.54. The van der Waals surface area contributed by atoms with Crippen molar-refractivity contribution in [1.82, 2.24) is 25.1 Å². The Morgan fingerprint density at radius 3 is 2.78 bits per heavy atom. The molecule has 1 amide bonds. The lowest BCUT2D eigenvalue weighted by molar-refractivity contribution is 0.0724. The van der Waals surface area contributed by atoms with E-state index in [1.165, 1.54) is 0 Å². The van der Waals surface area contributed by atoms with Gasteiger partial charge in [0, 0.05) is 28.9 Å². The molecule has 136 valence electrons. The van der Waals surface area contributed by atoms with Crippen LogP contribution in [0.1, 0.15) is 39.4 Å². The molecule has 1 aliphatic heterocycles. The molecule has 27 heavy (non-hydrogen) atoms. The molecule has 2 aliphatic rings. The number of amides is 1. The molecule has 0 saturated carbocycles. The summed E-state index contributed by atoms with van der Waals surface area (Å²) in [6.07, 6.45) is 3.42. The van der Waals surface area contributed by atoms with Crippen molar-refractivity contribution in [1.29, 1.82) is 0 Å². The largest absolute Gasteiger partial charge is 0.331 e. The standard InChI is InChI=1S/C20H19N5O2/c26-19-14-9-10-25(20(27)17-13-7-4-8-15(13)23-24-17)11-16(14)21-18(22-19)12-5-2-1-3-6-12/h1-3,5-6H,4,7-11H2,(H,23,24)(H,21,22,26). The Hall–Kier alpha value is -3.22. The molecular weight excluding hydrogens is 342 g/mol. The van der Waals surface area contributed by atoms with E-state index in [1.54, 1.807) is 4.90 Å². The van der Waals surface area contributed by atoms with Crippen LogP contribution in [-0.2, 0) is 25.8 Å². The molecule has 0 spiro atoms. The lowest BCUT2D eigenvalue weighted by Crippen LogP contribution is -2.39. The molecular formula is C20H19N5O2. The molecule has 2 aromatic heterocycles. The van der Waals surface area contributed by atoms with Crippen molar-refractivity contribution in [2.45, 2.75) is 32.2 Å². The average molecular weight is 361 g/mol. The summed E-state index contributed by atoms with van der Waals surface area (Å²) in [7, 11) is 0. The number of nitrogens with zero attached hydrogens (tertiary/aromatic N) is 3. The number of benzene rings is 1. The SMILES string of the molecule is O=C(c1n[nH]c2c1CCC2)N1CCc2c(nc(-c3ccccc3)[nH]c2=O)C1. The number of rotatable bonds is 2. The van der Waals surface area contributed by atoms with Crippen LogP contribution in [0.4, 0.5) is 0 Å². The third-order valence-electron chi connectivity index (χ3n) is 5.42. The zero-order valence-corrected chi connectivity index (χ0v) is 14.8. The molecule has 5 rings (SSSR count). The van der Waals surface area contributed by atoms with Gasteiger partial charge in [0.15, 0.2) is 5.69 Å². The molecule has 0 fully saturated rings. The molecule has 0 radical (unpaired) electrons. The third-order valence-corrected chi connectivity index (χ3v) is 5.42. The Morgan fingerprint density at radius 2 is 1.93 bits per heavy atom. The fourth-order valence-electron chi connectivity index (χ4n) is 3.99. The lowest BCUT2D eigenvalue weighted by atomic mass is 10.0. The van der Waals surface area contributed by atoms with Gasteiger partial charge in [-0.3, -0.25) is 14.7 Å². The molecule has 0 saturated heterocycles. The number of H-pyrrole nitrogens is 2. The van der Waals surface area contributed by atoms with E-state index in [9.17, 15) is 9.59 Å². The second-order valence-electron chi connectivity index (χ2n) is 7.07. The van der Waals surface area contributed by atoms with Crippen LogP contribution in [0.3, 0.4) is 0 Å². The Kier molecular flexibility index (Phi) is 3.67. The third kappa shape index (κ3) is 2.66. The van der Waals surface area contributed by atoms with Crippen molar-refractivity contribution < 1.29 is 4.79 Å². The summed E-state index contributed by atoms with van der Waals surface area (Å²) in [5, 5.41) is 7.24. The fraction of sp³-hybridized carbons (Fsp3) is 0.300. The summed E-state index contributed by atoms with van der Waals surface area (Å²) < 4.78 is 0. The van der Waals surface area contributed by atoms with Gasteiger partial charge in [-0.2, -0.15) is 5.10 Å². The van der Waals surface area contributed by atoms with Gasteiger partial charge in [-0.25, -0.2) is 4.98 Å². The number of nitrogens with one attached hydrogen (secondary N) is 2. The van der Waals surface area contributed by atoms with E-state index >= 15 is 0 Å². The van der Waals surface area contributed by atoms with Crippen molar-refractivity contribution in [2.24, 2.45) is 0 Å².